The van der Waals surface area contributed by atoms with E-state index in [9.17, 15) is 13.2 Å². The van der Waals surface area contributed by atoms with Gasteiger partial charge in [-0.25, -0.2) is 13.1 Å². The lowest BCUT2D eigenvalue weighted by Crippen LogP contribution is -2.23. The summed E-state index contributed by atoms with van der Waals surface area (Å²) in [5.74, 6) is -0.179. The first-order valence-corrected chi connectivity index (χ1v) is 12.6. The second-order valence-electron chi connectivity index (χ2n) is 7.92. The minimum Gasteiger partial charge on any atom is -0.322 e. The van der Waals surface area contributed by atoms with Crippen LogP contribution in [0, 0.1) is 0 Å². The molecule has 0 fully saturated rings. The van der Waals surface area contributed by atoms with E-state index in [1.165, 1.54) is 5.56 Å². The molecule has 172 valence electrons. The normalized spacial score (nSPS) is 11.2. The molecule has 0 saturated heterocycles. The summed E-state index contributed by atoms with van der Waals surface area (Å²) in [4.78, 5) is 12.8. The van der Waals surface area contributed by atoms with Crippen LogP contribution in [0.15, 0.2) is 108 Å². The van der Waals surface area contributed by atoms with Crippen LogP contribution in [-0.4, -0.2) is 14.3 Å². The van der Waals surface area contributed by atoms with Gasteiger partial charge in [0.25, 0.3) is 5.91 Å². The van der Waals surface area contributed by atoms with Gasteiger partial charge in [-0.2, -0.15) is 0 Å². The molecule has 0 atom stereocenters. The van der Waals surface area contributed by atoms with Crippen molar-refractivity contribution >= 4 is 21.6 Å². The minimum absolute atomic E-state index is 0.179. The highest BCUT2D eigenvalue weighted by Crippen LogP contribution is 2.22. The van der Waals surface area contributed by atoms with Gasteiger partial charge in [0.1, 0.15) is 0 Å². The summed E-state index contributed by atoms with van der Waals surface area (Å²) in [7, 11) is -3.61. The molecule has 0 aliphatic heterocycles. The van der Waals surface area contributed by atoms with E-state index in [1.54, 1.807) is 36.4 Å². The maximum atomic E-state index is 12.6. The SMILES string of the molecule is CCc1ccc(NC(=O)c2ccc(-c3ccc(S(=O)(=O)NCc4ccccc4)cc3)cc2)cc1. The zero-order valence-corrected chi connectivity index (χ0v) is 19.7. The molecule has 4 rings (SSSR count). The molecule has 34 heavy (non-hydrogen) atoms. The quantitative estimate of drug-likeness (QED) is 0.350. The summed E-state index contributed by atoms with van der Waals surface area (Å²) in [5.41, 5.74) is 5.17. The fourth-order valence-corrected chi connectivity index (χ4v) is 4.54. The Morgan fingerprint density at radius 3 is 1.88 bits per heavy atom. The predicted molar refractivity (Wildman–Crippen MR) is 136 cm³/mol. The van der Waals surface area contributed by atoms with Crippen LogP contribution >= 0.6 is 0 Å². The fraction of sp³-hybridized carbons (Fsp3) is 0.107. The van der Waals surface area contributed by atoms with Crippen LogP contribution in [0.3, 0.4) is 0 Å². The first-order chi connectivity index (χ1) is 16.4. The van der Waals surface area contributed by atoms with E-state index in [2.05, 4.69) is 17.0 Å². The maximum absolute atomic E-state index is 12.6. The Labute approximate surface area is 200 Å². The van der Waals surface area contributed by atoms with Crippen molar-refractivity contribution < 1.29 is 13.2 Å². The molecule has 0 aliphatic rings. The Hall–Kier alpha value is -3.74. The number of sulfonamides is 1. The van der Waals surface area contributed by atoms with Crippen LogP contribution in [0.25, 0.3) is 11.1 Å². The third kappa shape index (κ3) is 5.78. The average Bonchev–Trinajstić information content (AvgIpc) is 2.89. The van der Waals surface area contributed by atoms with E-state index in [1.807, 2.05) is 66.7 Å². The van der Waals surface area contributed by atoms with Crippen LogP contribution in [0.5, 0.6) is 0 Å². The van der Waals surface area contributed by atoms with Crippen molar-refractivity contribution in [3.05, 3.63) is 120 Å². The summed E-state index contributed by atoms with van der Waals surface area (Å²) >= 11 is 0. The first-order valence-electron chi connectivity index (χ1n) is 11.1. The molecular weight excluding hydrogens is 444 g/mol. The van der Waals surface area contributed by atoms with E-state index in [0.717, 1.165) is 28.8 Å². The van der Waals surface area contributed by atoms with Crippen molar-refractivity contribution in [1.82, 2.24) is 4.72 Å². The Balaban J connectivity index is 1.40. The highest BCUT2D eigenvalue weighted by molar-refractivity contribution is 7.89. The number of aryl methyl sites for hydroxylation is 1. The highest BCUT2D eigenvalue weighted by Gasteiger charge is 2.14. The van der Waals surface area contributed by atoms with Gasteiger partial charge in [0, 0.05) is 17.8 Å². The average molecular weight is 471 g/mol. The van der Waals surface area contributed by atoms with Crippen LogP contribution < -0.4 is 10.0 Å². The van der Waals surface area contributed by atoms with Gasteiger partial charge in [-0.05, 0) is 65.1 Å². The van der Waals surface area contributed by atoms with E-state index < -0.39 is 10.0 Å². The number of hydrogen-bond acceptors (Lipinski definition) is 3. The van der Waals surface area contributed by atoms with Crippen molar-refractivity contribution in [2.24, 2.45) is 0 Å². The van der Waals surface area contributed by atoms with Gasteiger partial charge < -0.3 is 5.32 Å². The summed E-state index contributed by atoms with van der Waals surface area (Å²) < 4.78 is 27.8. The Morgan fingerprint density at radius 1 is 0.706 bits per heavy atom. The van der Waals surface area contributed by atoms with Crippen molar-refractivity contribution in [3.63, 3.8) is 0 Å². The Bertz CT molecular complexity index is 1350. The molecule has 2 N–H and O–H groups in total. The second-order valence-corrected chi connectivity index (χ2v) is 9.68. The lowest BCUT2D eigenvalue weighted by atomic mass is 10.0. The fourth-order valence-electron chi connectivity index (χ4n) is 3.53. The van der Waals surface area contributed by atoms with Crippen molar-refractivity contribution in [2.75, 3.05) is 5.32 Å². The van der Waals surface area contributed by atoms with Crippen molar-refractivity contribution in [3.8, 4) is 11.1 Å². The van der Waals surface area contributed by atoms with Crippen LogP contribution in [0.1, 0.15) is 28.4 Å². The van der Waals surface area contributed by atoms with E-state index in [4.69, 9.17) is 0 Å². The van der Waals surface area contributed by atoms with Gasteiger partial charge in [0.2, 0.25) is 10.0 Å². The molecule has 0 aliphatic carbocycles. The van der Waals surface area contributed by atoms with Gasteiger partial charge in [-0.1, -0.05) is 73.7 Å². The number of amides is 1. The summed E-state index contributed by atoms with van der Waals surface area (Å²) in [5, 5.41) is 2.90. The first kappa shape index (κ1) is 23.4. The standard InChI is InChI=1S/C28H26N2O3S/c1-2-21-8-16-26(17-9-21)30-28(31)25-12-10-23(11-13-25)24-14-18-27(19-15-24)34(32,33)29-20-22-6-4-3-5-7-22/h3-19,29H,2,20H2,1H3,(H,30,31). The molecule has 1 amide bonds. The monoisotopic (exact) mass is 470 g/mol. The number of nitrogens with one attached hydrogen (secondary N) is 2. The predicted octanol–water partition coefficient (Wildman–Crippen LogP) is 5.65. The smallest absolute Gasteiger partial charge is 0.255 e. The molecule has 0 bridgehead atoms. The van der Waals surface area contributed by atoms with E-state index in [0.29, 0.717) is 5.56 Å². The van der Waals surface area contributed by atoms with E-state index in [-0.39, 0.29) is 17.3 Å². The largest absolute Gasteiger partial charge is 0.322 e. The van der Waals surface area contributed by atoms with Crippen LogP contribution in [0.2, 0.25) is 0 Å². The summed E-state index contributed by atoms with van der Waals surface area (Å²) in [6.45, 7) is 2.32. The zero-order chi connectivity index (χ0) is 24.0. The van der Waals surface area contributed by atoms with Crippen molar-refractivity contribution in [2.45, 2.75) is 24.8 Å². The minimum atomic E-state index is -3.61. The number of hydrogen-bond donors (Lipinski definition) is 2. The number of anilines is 1. The lowest BCUT2D eigenvalue weighted by Gasteiger charge is -2.09. The third-order valence-electron chi connectivity index (χ3n) is 5.57. The van der Waals surface area contributed by atoms with Gasteiger partial charge in [0.15, 0.2) is 0 Å². The Kier molecular flexibility index (Phi) is 7.21. The molecule has 0 unspecified atom stereocenters. The molecule has 4 aromatic carbocycles. The second kappa shape index (κ2) is 10.5. The number of carbonyl (C=O) groups excluding carboxylic acids is 1. The summed E-state index contributed by atoms with van der Waals surface area (Å²) in [6, 6.07) is 31.1. The number of benzene rings is 4. The lowest BCUT2D eigenvalue weighted by molar-refractivity contribution is 0.102. The Morgan fingerprint density at radius 2 is 1.29 bits per heavy atom. The van der Waals surface area contributed by atoms with Gasteiger partial charge in [-0.15, -0.1) is 0 Å². The molecular formula is C28H26N2O3S. The maximum Gasteiger partial charge on any atom is 0.255 e. The van der Waals surface area contributed by atoms with Crippen LogP contribution in [0.4, 0.5) is 5.69 Å². The topological polar surface area (TPSA) is 75.3 Å². The molecule has 6 heteroatoms. The number of carbonyl (C=O) groups is 1. The summed E-state index contributed by atoms with van der Waals surface area (Å²) in [6.07, 6.45) is 0.951. The molecule has 0 heterocycles. The molecule has 0 aromatic heterocycles. The van der Waals surface area contributed by atoms with Gasteiger partial charge in [-0.3, -0.25) is 4.79 Å². The molecule has 5 nitrogen and oxygen atoms in total. The van der Waals surface area contributed by atoms with Gasteiger partial charge >= 0.3 is 0 Å². The van der Waals surface area contributed by atoms with E-state index >= 15 is 0 Å². The molecule has 4 aromatic rings. The van der Waals surface area contributed by atoms with Crippen molar-refractivity contribution in [1.29, 1.82) is 0 Å². The third-order valence-corrected chi connectivity index (χ3v) is 6.99. The molecule has 0 spiro atoms. The highest BCUT2D eigenvalue weighted by atomic mass is 32.2. The van der Waals surface area contributed by atoms with Gasteiger partial charge in [0.05, 0.1) is 4.90 Å². The molecule has 0 radical (unpaired) electrons. The molecule has 0 saturated carbocycles. The number of rotatable bonds is 8. The zero-order valence-electron chi connectivity index (χ0n) is 18.9. The van der Waals surface area contributed by atoms with Crippen LogP contribution in [-0.2, 0) is 23.0 Å².